The van der Waals surface area contributed by atoms with Crippen LogP contribution in [-0.2, 0) is 23.6 Å². The molecule has 0 saturated carbocycles. The summed E-state index contributed by atoms with van der Waals surface area (Å²) in [5.41, 5.74) is 4.07. The molecule has 0 amide bonds. The van der Waals surface area contributed by atoms with Crippen LogP contribution in [0.3, 0.4) is 0 Å². The van der Waals surface area contributed by atoms with Crippen molar-refractivity contribution in [1.29, 1.82) is 0 Å². The molecule has 29 heavy (non-hydrogen) atoms. The SMILES string of the molecule is Cc1nn(C)c(C)c1NS(=O)(=O)c1ccc(NCc2ccc3[nH]ccc3c2)nc1. The molecule has 0 unspecified atom stereocenters. The molecule has 0 aliphatic heterocycles. The summed E-state index contributed by atoms with van der Waals surface area (Å²) in [5.74, 6) is 0.604. The van der Waals surface area contributed by atoms with Gasteiger partial charge in [-0.3, -0.25) is 9.40 Å². The van der Waals surface area contributed by atoms with Crippen LogP contribution in [0.5, 0.6) is 0 Å². The summed E-state index contributed by atoms with van der Waals surface area (Å²) in [6.45, 7) is 4.17. The number of hydrogen-bond donors (Lipinski definition) is 3. The zero-order chi connectivity index (χ0) is 20.6. The van der Waals surface area contributed by atoms with Crippen LogP contribution in [0.15, 0.2) is 53.7 Å². The Kier molecular flexibility index (Phi) is 4.75. The van der Waals surface area contributed by atoms with E-state index < -0.39 is 10.0 Å². The number of pyridine rings is 1. The molecular formula is C20H22N6O2S. The lowest BCUT2D eigenvalue weighted by atomic mass is 10.1. The molecule has 0 fully saturated rings. The first-order valence-electron chi connectivity index (χ1n) is 9.12. The van der Waals surface area contributed by atoms with Crippen LogP contribution in [0.25, 0.3) is 10.9 Å². The van der Waals surface area contributed by atoms with Crippen molar-refractivity contribution in [2.24, 2.45) is 7.05 Å². The summed E-state index contributed by atoms with van der Waals surface area (Å²) in [6, 6.07) is 11.4. The molecule has 0 spiro atoms. The quantitative estimate of drug-likeness (QED) is 0.452. The number of aromatic amines is 1. The molecule has 0 bridgehead atoms. The van der Waals surface area contributed by atoms with Gasteiger partial charge in [0.2, 0.25) is 0 Å². The minimum atomic E-state index is -3.74. The van der Waals surface area contributed by atoms with Crippen molar-refractivity contribution in [3.63, 3.8) is 0 Å². The van der Waals surface area contributed by atoms with Gasteiger partial charge in [-0.05, 0) is 55.1 Å². The van der Waals surface area contributed by atoms with Gasteiger partial charge in [0.05, 0.1) is 17.1 Å². The molecule has 0 atom stereocenters. The number of aromatic nitrogens is 4. The molecule has 0 radical (unpaired) electrons. The van der Waals surface area contributed by atoms with Crippen LogP contribution in [0.1, 0.15) is 17.0 Å². The van der Waals surface area contributed by atoms with Crippen LogP contribution >= 0.6 is 0 Å². The number of benzene rings is 1. The van der Waals surface area contributed by atoms with Crippen molar-refractivity contribution in [1.82, 2.24) is 19.7 Å². The highest BCUT2D eigenvalue weighted by atomic mass is 32.2. The maximum Gasteiger partial charge on any atom is 0.263 e. The van der Waals surface area contributed by atoms with E-state index in [1.54, 1.807) is 24.7 Å². The van der Waals surface area contributed by atoms with Gasteiger partial charge in [0, 0.05) is 31.5 Å². The first-order chi connectivity index (χ1) is 13.8. The van der Waals surface area contributed by atoms with Crippen LogP contribution in [-0.4, -0.2) is 28.2 Å². The van der Waals surface area contributed by atoms with E-state index in [0.717, 1.165) is 22.2 Å². The van der Waals surface area contributed by atoms with Gasteiger partial charge in [-0.2, -0.15) is 5.10 Å². The Bertz CT molecular complexity index is 1270. The van der Waals surface area contributed by atoms with Gasteiger partial charge in [0.1, 0.15) is 10.7 Å². The molecule has 0 aliphatic carbocycles. The standard InChI is InChI=1S/C20H22N6O2S/c1-13-20(14(2)26(3)24-13)25-29(27,28)17-5-7-19(23-12-17)22-11-15-4-6-18-16(10-15)8-9-21-18/h4-10,12,21,25H,11H2,1-3H3,(H,22,23). The molecule has 3 aromatic heterocycles. The van der Waals surface area contributed by atoms with E-state index in [1.165, 1.54) is 12.3 Å². The van der Waals surface area contributed by atoms with Gasteiger partial charge in [0.25, 0.3) is 10.0 Å². The average Bonchev–Trinajstić information content (AvgIpc) is 3.26. The highest BCUT2D eigenvalue weighted by Crippen LogP contribution is 2.23. The van der Waals surface area contributed by atoms with E-state index in [-0.39, 0.29) is 4.90 Å². The van der Waals surface area contributed by atoms with Gasteiger partial charge in [-0.1, -0.05) is 6.07 Å². The normalized spacial score (nSPS) is 11.7. The third-order valence-corrected chi connectivity index (χ3v) is 6.22. The molecule has 0 aliphatic rings. The zero-order valence-electron chi connectivity index (χ0n) is 16.4. The van der Waals surface area contributed by atoms with Crippen LogP contribution in [0, 0.1) is 13.8 Å². The Labute approximate surface area is 169 Å². The summed E-state index contributed by atoms with van der Waals surface area (Å²) in [5, 5.41) is 8.60. The first-order valence-corrected chi connectivity index (χ1v) is 10.6. The van der Waals surface area contributed by atoms with Crippen molar-refractivity contribution in [2.75, 3.05) is 10.0 Å². The minimum Gasteiger partial charge on any atom is -0.366 e. The largest absolute Gasteiger partial charge is 0.366 e. The Balaban J connectivity index is 1.46. The maximum atomic E-state index is 12.7. The van der Waals surface area contributed by atoms with E-state index in [1.807, 2.05) is 31.3 Å². The average molecular weight is 411 g/mol. The fourth-order valence-electron chi connectivity index (χ4n) is 3.16. The second-order valence-electron chi connectivity index (χ2n) is 6.91. The number of sulfonamides is 1. The lowest BCUT2D eigenvalue weighted by molar-refractivity contribution is 0.600. The Morgan fingerprint density at radius 1 is 1.14 bits per heavy atom. The molecule has 4 aromatic rings. The van der Waals surface area contributed by atoms with E-state index in [9.17, 15) is 8.42 Å². The highest BCUT2D eigenvalue weighted by Gasteiger charge is 2.19. The Morgan fingerprint density at radius 3 is 2.66 bits per heavy atom. The predicted octanol–water partition coefficient (Wildman–Crippen LogP) is 3.33. The number of H-pyrrole nitrogens is 1. The molecule has 0 saturated heterocycles. The molecule has 4 rings (SSSR count). The van der Waals surface area contributed by atoms with E-state index in [4.69, 9.17) is 0 Å². The van der Waals surface area contributed by atoms with E-state index >= 15 is 0 Å². The van der Waals surface area contributed by atoms with Gasteiger partial charge < -0.3 is 10.3 Å². The van der Waals surface area contributed by atoms with Crippen molar-refractivity contribution in [3.8, 4) is 0 Å². The van der Waals surface area contributed by atoms with Crippen molar-refractivity contribution in [2.45, 2.75) is 25.3 Å². The number of fused-ring (bicyclic) bond motifs is 1. The Hall–Kier alpha value is -3.33. The predicted molar refractivity (Wildman–Crippen MR) is 113 cm³/mol. The molecule has 150 valence electrons. The van der Waals surface area contributed by atoms with Crippen LogP contribution in [0.4, 0.5) is 11.5 Å². The summed E-state index contributed by atoms with van der Waals surface area (Å²) in [4.78, 5) is 7.51. The molecule has 3 N–H and O–H groups in total. The molecular weight excluding hydrogens is 388 g/mol. The monoisotopic (exact) mass is 410 g/mol. The summed E-state index contributed by atoms with van der Waals surface area (Å²) >= 11 is 0. The van der Waals surface area contributed by atoms with Crippen molar-refractivity contribution < 1.29 is 8.42 Å². The number of anilines is 2. The fourth-order valence-corrected chi connectivity index (χ4v) is 4.28. The number of rotatable bonds is 6. The number of aryl methyl sites for hydroxylation is 2. The van der Waals surface area contributed by atoms with Crippen molar-refractivity contribution >= 4 is 32.4 Å². The van der Waals surface area contributed by atoms with Crippen molar-refractivity contribution in [3.05, 3.63) is 65.7 Å². The summed E-state index contributed by atoms with van der Waals surface area (Å²) in [6.07, 6.45) is 3.26. The Morgan fingerprint density at radius 2 is 1.97 bits per heavy atom. The van der Waals surface area contributed by atoms with E-state index in [0.29, 0.717) is 23.7 Å². The number of nitrogens with zero attached hydrogens (tertiary/aromatic N) is 3. The summed E-state index contributed by atoms with van der Waals surface area (Å²) < 4.78 is 29.6. The first kappa shape index (κ1) is 19.0. The lowest BCUT2D eigenvalue weighted by Crippen LogP contribution is -2.14. The third kappa shape index (κ3) is 3.81. The van der Waals surface area contributed by atoms with Gasteiger partial charge in [-0.15, -0.1) is 0 Å². The molecule has 9 heteroatoms. The second kappa shape index (κ2) is 7.25. The minimum absolute atomic E-state index is 0.0967. The van der Waals surface area contributed by atoms with Crippen LogP contribution < -0.4 is 10.0 Å². The number of nitrogens with one attached hydrogen (secondary N) is 3. The van der Waals surface area contributed by atoms with Gasteiger partial charge >= 0.3 is 0 Å². The molecule has 8 nitrogen and oxygen atoms in total. The number of hydrogen-bond acceptors (Lipinski definition) is 5. The maximum absolute atomic E-state index is 12.7. The molecule has 3 heterocycles. The van der Waals surface area contributed by atoms with Crippen LogP contribution in [0.2, 0.25) is 0 Å². The smallest absolute Gasteiger partial charge is 0.263 e. The zero-order valence-corrected chi connectivity index (χ0v) is 17.2. The highest BCUT2D eigenvalue weighted by molar-refractivity contribution is 7.92. The van der Waals surface area contributed by atoms with Gasteiger partial charge in [0.15, 0.2) is 0 Å². The van der Waals surface area contributed by atoms with E-state index in [2.05, 4.69) is 31.2 Å². The molecule has 1 aromatic carbocycles. The fraction of sp³-hybridized carbons (Fsp3) is 0.200. The lowest BCUT2D eigenvalue weighted by Gasteiger charge is -2.10. The van der Waals surface area contributed by atoms with Gasteiger partial charge in [-0.25, -0.2) is 13.4 Å². The topological polar surface area (TPSA) is 105 Å². The second-order valence-corrected chi connectivity index (χ2v) is 8.59. The summed E-state index contributed by atoms with van der Waals surface area (Å²) in [7, 11) is -1.97. The third-order valence-electron chi connectivity index (χ3n) is 4.88.